The molecule has 1 heterocycles. The van der Waals surface area contributed by atoms with Crippen molar-refractivity contribution in [3.8, 4) is 0 Å². The number of aliphatic carboxylic acids is 1. The molecule has 3 N–H and O–H groups in total. The van der Waals surface area contributed by atoms with Crippen LogP contribution in [0.15, 0.2) is 24.3 Å². The highest BCUT2D eigenvalue weighted by atomic mass is 35.5. The number of likely N-dealkylation sites (tertiary alicyclic amines) is 1. The first-order valence-corrected chi connectivity index (χ1v) is 8.49. The number of rotatable bonds is 6. The molecule has 1 aromatic rings. The van der Waals surface area contributed by atoms with Gasteiger partial charge in [-0.1, -0.05) is 11.6 Å². The lowest BCUT2D eigenvalue weighted by atomic mass is 9.90. The van der Waals surface area contributed by atoms with E-state index in [0.717, 1.165) is 0 Å². The average Bonchev–Trinajstić information content (AvgIpc) is 2.98. The van der Waals surface area contributed by atoms with E-state index in [9.17, 15) is 19.5 Å². The zero-order chi connectivity index (χ0) is 18.4. The Morgan fingerprint density at radius 1 is 1.28 bits per heavy atom. The fraction of sp³-hybridized carbons (Fsp3) is 0.471. The van der Waals surface area contributed by atoms with Crippen molar-refractivity contribution < 1.29 is 19.5 Å². The van der Waals surface area contributed by atoms with E-state index in [2.05, 4.69) is 10.6 Å². The molecule has 25 heavy (non-hydrogen) atoms. The molecule has 0 spiro atoms. The minimum atomic E-state index is -0.887. The first-order chi connectivity index (χ1) is 11.8. The Morgan fingerprint density at radius 3 is 2.56 bits per heavy atom. The third-order valence-corrected chi connectivity index (χ3v) is 4.51. The van der Waals surface area contributed by atoms with Gasteiger partial charge >= 0.3 is 12.0 Å². The van der Waals surface area contributed by atoms with Gasteiger partial charge in [-0.3, -0.25) is 9.59 Å². The molecule has 0 saturated carbocycles. The molecule has 136 valence electrons. The largest absolute Gasteiger partial charge is 0.481 e. The number of benzene rings is 1. The van der Waals surface area contributed by atoms with Crippen LogP contribution in [-0.2, 0) is 9.59 Å². The molecular weight excluding hydrogens is 346 g/mol. The topological polar surface area (TPSA) is 98.7 Å². The van der Waals surface area contributed by atoms with Crippen LogP contribution in [0.1, 0.15) is 26.2 Å². The second-order valence-corrected chi connectivity index (χ2v) is 6.86. The smallest absolute Gasteiger partial charge is 0.317 e. The molecule has 3 amide bonds. The first-order valence-electron chi connectivity index (χ1n) is 8.12. The Bertz CT molecular complexity index is 650. The van der Waals surface area contributed by atoms with E-state index in [-0.39, 0.29) is 24.9 Å². The molecule has 1 unspecified atom stereocenters. The van der Waals surface area contributed by atoms with Gasteiger partial charge in [-0.25, -0.2) is 4.79 Å². The third kappa shape index (κ3) is 5.35. The van der Waals surface area contributed by atoms with E-state index in [0.29, 0.717) is 36.6 Å². The maximum absolute atomic E-state index is 12.0. The summed E-state index contributed by atoms with van der Waals surface area (Å²) in [4.78, 5) is 36.5. The molecular formula is C17H22ClN3O4. The van der Waals surface area contributed by atoms with Gasteiger partial charge in [0.05, 0.1) is 5.41 Å². The number of hydrogen-bond donors (Lipinski definition) is 3. The minimum absolute atomic E-state index is 0.142. The van der Waals surface area contributed by atoms with Crippen molar-refractivity contribution in [1.29, 1.82) is 0 Å². The van der Waals surface area contributed by atoms with E-state index in [1.165, 1.54) is 4.90 Å². The van der Waals surface area contributed by atoms with Gasteiger partial charge in [-0.05, 0) is 44.0 Å². The van der Waals surface area contributed by atoms with Crippen molar-refractivity contribution in [3.63, 3.8) is 0 Å². The maximum atomic E-state index is 12.0. The molecule has 0 radical (unpaired) electrons. The van der Waals surface area contributed by atoms with Gasteiger partial charge in [0.1, 0.15) is 0 Å². The predicted octanol–water partition coefficient (Wildman–Crippen LogP) is 2.56. The highest BCUT2D eigenvalue weighted by Crippen LogP contribution is 2.29. The Hall–Kier alpha value is -2.28. The number of carboxylic acids is 1. The SMILES string of the molecule is CC1(C(=O)O)CCN(C(=O)NCCCC(=O)Nc2ccc(Cl)cc2)C1. The van der Waals surface area contributed by atoms with Crippen LogP contribution in [0.25, 0.3) is 0 Å². The van der Waals surface area contributed by atoms with Gasteiger partial charge in [0, 0.05) is 36.8 Å². The average molecular weight is 368 g/mol. The molecule has 1 fully saturated rings. The fourth-order valence-electron chi connectivity index (χ4n) is 2.62. The Morgan fingerprint density at radius 2 is 1.96 bits per heavy atom. The van der Waals surface area contributed by atoms with Crippen molar-refractivity contribution in [2.45, 2.75) is 26.2 Å². The maximum Gasteiger partial charge on any atom is 0.317 e. The van der Waals surface area contributed by atoms with Crippen LogP contribution in [-0.4, -0.2) is 47.5 Å². The van der Waals surface area contributed by atoms with E-state index in [1.807, 2.05) is 0 Å². The van der Waals surface area contributed by atoms with Gasteiger partial charge in [-0.2, -0.15) is 0 Å². The Balaban J connectivity index is 1.65. The zero-order valence-electron chi connectivity index (χ0n) is 14.0. The molecule has 0 aliphatic carbocycles. The van der Waals surface area contributed by atoms with E-state index in [1.54, 1.807) is 31.2 Å². The number of halogens is 1. The summed E-state index contributed by atoms with van der Waals surface area (Å²) in [5, 5.41) is 15.2. The number of nitrogens with zero attached hydrogens (tertiary/aromatic N) is 1. The Kier molecular flexibility index (Phi) is 6.25. The highest BCUT2D eigenvalue weighted by molar-refractivity contribution is 6.30. The third-order valence-electron chi connectivity index (χ3n) is 4.26. The number of nitrogens with one attached hydrogen (secondary N) is 2. The van der Waals surface area contributed by atoms with Crippen LogP contribution in [0.2, 0.25) is 5.02 Å². The number of anilines is 1. The standard InChI is InChI=1S/C17H22ClN3O4/c1-17(15(23)24)8-10-21(11-17)16(25)19-9-2-3-14(22)20-13-6-4-12(18)5-7-13/h4-7H,2-3,8-11H2,1H3,(H,19,25)(H,20,22)(H,23,24). The van der Waals surface area contributed by atoms with Crippen molar-refractivity contribution in [2.24, 2.45) is 5.41 Å². The summed E-state index contributed by atoms with van der Waals surface area (Å²) in [6, 6.07) is 6.53. The van der Waals surface area contributed by atoms with Crippen LogP contribution < -0.4 is 10.6 Å². The van der Waals surface area contributed by atoms with Crippen molar-refractivity contribution in [1.82, 2.24) is 10.2 Å². The van der Waals surface area contributed by atoms with Gasteiger partial charge in [0.2, 0.25) is 5.91 Å². The van der Waals surface area contributed by atoms with Crippen LogP contribution >= 0.6 is 11.6 Å². The molecule has 1 saturated heterocycles. The monoisotopic (exact) mass is 367 g/mol. The summed E-state index contributed by atoms with van der Waals surface area (Å²) in [6.45, 7) is 2.62. The van der Waals surface area contributed by atoms with E-state index in [4.69, 9.17) is 11.6 Å². The number of carboxylic acid groups (broad SMARTS) is 1. The first kappa shape index (κ1) is 19.1. The lowest BCUT2D eigenvalue weighted by Crippen LogP contribution is -2.41. The second kappa shape index (κ2) is 8.20. The zero-order valence-corrected chi connectivity index (χ0v) is 14.8. The number of carbonyl (C=O) groups excluding carboxylic acids is 2. The number of urea groups is 1. The van der Waals surface area contributed by atoms with Gasteiger partial charge in [0.25, 0.3) is 0 Å². The van der Waals surface area contributed by atoms with Crippen LogP contribution in [0.5, 0.6) is 0 Å². The summed E-state index contributed by atoms with van der Waals surface area (Å²) >= 11 is 5.78. The van der Waals surface area contributed by atoms with Crippen molar-refractivity contribution in [2.75, 3.05) is 25.0 Å². The molecule has 1 aliphatic rings. The fourth-order valence-corrected chi connectivity index (χ4v) is 2.75. The van der Waals surface area contributed by atoms with E-state index >= 15 is 0 Å². The van der Waals surface area contributed by atoms with Gasteiger partial charge < -0.3 is 20.6 Å². The van der Waals surface area contributed by atoms with E-state index < -0.39 is 11.4 Å². The van der Waals surface area contributed by atoms with Gasteiger partial charge in [0.15, 0.2) is 0 Å². The second-order valence-electron chi connectivity index (χ2n) is 6.43. The number of amides is 3. The quantitative estimate of drug-likeness (QED) is 0.673. The molecule has 1 aliphatic heterocycles. The molecule has 8 heteroatoms. The summed E-state index contributed by atoms with van der Waals surface area (Å²) in [6.07, 6.45) is 1.21. The minimum Gasteiger partial charge on any atom is -0.481 e. The summed E-state index contributed by atoms with van der Waals surface area (Å²) < 4.78 is 0. The summed E-state index contributed by atoms with van der Waals surface area (Å²) in [5.74, 6) is -1.03. The van der Waals surface area contributed by atoms with Crippen molar-refractivity contribution >= 4 is 35.2 Å². The molecule has 0 aromatic heterocycles. The predicted molar refractivity (Wildman–Crippen MR) is 94.6 cm³/mol. The van der Waals surface area contributed by atoms with Gasteiger partial charge in [-0.15, -0.1) is 0 Å². The van der Waals surface area contributed by atoms with Crippen LogP contribution in [0.4, 0.5) is 10.5 Å². The number of hydrogen-bond acceptors (Lipinski definition) is 3. The Labute approximate surface area is 151 Å². The number of carbonyl (C=O) groups is 3. The van der Waals surface area contributed by atoms with Crippen LogP contribution in [0, 0.1) is 5.41 Å². The summed E-state index contributed by atoms with van der Waals surface area (Å²) in [5.41, 5.74) is -0.209. The lowest BCUT2D eigenvalue weighted by molar-refractivity contribution is -0.147. The molecule has 2 rings (SSSR count). The van der Waals surface area contributed by atoms with Crippen LogP contribution in [0.3, 0.4) is 0 Å². The highest BCUT2D eigenvalue weighted by Gasteiger charge is 2.42. The summed E-state index contributed by atoms with van der Waals surface area (Å²) in [7, 11) is 0. The van der Waals surface area contributed by atoms with Crippen molar-refractivity contribution in [3.05, 3.63) is 29.3 Å². The molecule has 0 bridgehead atoms. The normalized spacial score (nSPS) is 19.5. The lowest BCUT2D eigenvalue weighted by Gasteiger charge is -2.20. The molecule has 1 atom stereocenters. The molecule has 1 aromatic carbocycles. The molecule has 7 nitrogen and oxygen atoms in total.